The molecule has 1 aromatic heterocycles. The standard InChI is InChI=1S/C12H12F3NS/c1-16-10(7-12(13,14)15)9-4-2-3-8-5-6-17-11(8)9/h2-6,10,16H,7H2,1H3. The molecule has 0 saturated carbocycles. The molecule has 17 heavy (non-hydrogen) atoms. The third-order valence-corrected chi connectivity index (χ3v) is 3.65. The van der Waals surface area contributed by atoms with Crippen LogP contribution in [0.3, 0.4) is 0 Å². The highest BCUT2D eigenvalue weighted by Crippen LogP contribution is 2.34. The molecule has 2 rings (SSSR count). The van der Waals surface area contributed by atoms with Gasteiger partial charge in [0.2, 0.25) is 0 Å². The van der Waals surface area contributed by atoms with E-state index in [0.29, 0.717) is 0 Å². The summed E-state index contributed by atoms with van der Waals surface area (Å²) in [5.41, 5.74) is 0.720. The van der Waals surface area contributed by atoms with Gasteiger partial charge < -0.3 is 5.32 Å². The number of fused-ring (bicyclic) bond motifs is 1. The lowest BCUT2D eigenvalue weighted by Crippen LogP contribution is -2.23. The first-order valence-electron chi connectivity index (χ1n) is 5.21. The molecule has 0 aliphatic carbocycles. The summed E-state index contributed by atoms with van der Waals surface area (Å²) in [5, 5.41) is 5.64. The molecule has 2 aromatic rings. The summed E-state index contributed by atoms with van der Waals surface area (Å²) in [6.45, 7) is 0. The van der Waals surface area contributed by atoms with Crippen LogP contribution in [0.1, 0.15) is 18.0 Å². The molecule has 0 aliphatic heterocycles. The van der Waals surface area contributed by atoms with E-state index in [0.717, 1.165) is 15.6 Å². The van der Waals surface area contributed by atoms with Crippen molar-refractivity contribution in [2.45, 2.75) is 18.6 Å². The first-order valence-corrected chi connectivity index (χ1v) is 6.09. The molecule has 0 fully saturated rings. The topological polar surface area (TPSA) is 12.0 Å². The Labute approximate surface area is 101 Å². The maximum atomic E-state index is 12.5. The van der Waals surface area contributed by atoms with E-state index in [9.17, 15) is 13.2 Å². The minimum Gasteiger partial charge on any atom is -0.313 e. The summed E-state index contributed by atoms with van der Waals surface area (Å²) in [7, 11) is 1.56. The van der Waals surface area contributed by atoms with Crippen molar-refractivity contribution in [2.75, 3.05) is 7.05 Å². The van der Waals surface area contributed by atoms with Crippen molar-refractivity contribution in [3.8, 4) is 0 Å². The van der Waals surface area contributed by atoms with Crippen LogP contribution in [0.25, 0.3) is 10.1 Å². The number of nitrogens with one attached hydrogen (secondary N) is 1. The van der Waals surface area contributed by atoms with Crippen molar-refractivity contribution in [3.05, 3.63) is 35.2 Å². The van der Waals surface area contributed by atoms with Crippen LogP contribution >= 0.6 is 11.3 Å². The van der Waals surface area contributed by atoms with Gasteiger partial charge >= 0.3 is 6.18 Å². The van der Waals surface area contributed by atoms with Crippen molar-refractivity contribution in [1.29, 1.82) is 0 Å². The predicted octanol–water partition coefficient (Wildman–Crippen LogP) is 4.11. The molecule has 1 nitrogen and oxygen atoms in total. The largest absolute Gasteiger partial charge is 0.390 e. The molecule has 92 valence electrons. The van der Waals surface area contributed by atoms with Gasteiger partial charge in [0, 0.05) is 10.7 Å². The van der Waals surface area contributed by atoms with Gasteiger partial charge in [-0.25, -0.2) is 0 Å². The van der Waals surface area contributed by atoms with Crippen LogP contribution < -0.4 is 5.32 Å². The van der Waals surface area contributed by atoms with Gasteiger partial charge in [-0.15, -0.1) is 11.3 Å². The predicted molar refractivity (Wildman–Crippen MR) is 64.3 cm³/mol. The third-order valence-electron chi connectivity index (χ3n) is 2.67. The van der Waals surface area contributed by atoms with Crippen LogP contribution in [0, 0.1) is 0 Å². The fraction of sp³-hybridized carbons (Fsp3) is 0.333. The first-order chi connectivity index (χ1) is 8.01. The second-order valence-corrected chi connectivity index (χ2v) is 4.76. The van der Waals surface area contributed by atoms with Gasteiger partial charge in [0.1, 0.15) is 0 Å². The number of halogens is 3. The normalized spacial score (nSPS) is 14.1. The minimum atomic E-state index is -4.16. The smallest absolute Gasteiger partial charge is 0.313 e. The van der Waals surface area contributed by atoms with E-state index in [2.05, 4.69) is 5.32 Å². The molecule has 1 aromatic carbocycles. The van der Waals surface area contributed by atoms with Gasteiger partial charge in [-0.2, -0.15) is 13.2 Å². The number of alkyl halides is 3. The number of hydrogen-bond acceptors (Lipinski definition) is 2. The Balaban J connectivity index is 2.39. The van der Waals surface area contributed by atoms with E-state index in [1.54, 1.807) is 19.2 Å². The molecule has 1 unspecified atom stereocenters. The molecule has 1 heterocycles. The lowest BCUT2D eigenvalue weighted by Gasteiger charge is -2.19. The number of thiophene rings is 1. The molecule has 0 saturated heterocycles. The monoisotopic (exact) mass is 259 g/mol. The minimum absolute atomic E-state index is 0.683. The van der Waals surface area contributed by atoms with Crippen LogP contribution in [-0.4, -0.2) is 13.2 Å². The van der Waals surface area contributed by atoms with Gasteiger partial charge in [0.25, 0.3) is 0 Å². The quantitative estimate of drug-likeness (QED) is 0.874. The van der Waals surface area contributed by atoms with Crippen molar-refractivity contribution in [2.24, 2.45) is 0 Å². The Morgan fingerprint density at radius 3 is 2.71 bits per heavy atom. The molecular weight excluding hydrogens is 247 g/mol. The third kappa shape index (κ3) is 2.79. The summed E-state index contributed by atoms with van der Waals surface area (Å²) in [4.78, 5) is 0. The van der Waals surface area contributed by atoms with E-state index < -0.39 is 18.6 Å². The van der Waals surface area contributed by atoms with Crippen LogP contribution in [0.15, 0.2) is 29.6 Å². The van der Waals surface area contributed by atoms with Gasteiger partial charge in [-0.3, -0.25) is 0 Å². The second kappa shape index (κ2) is 4.66. The molecule has 0 radical (unpaired) electrons. The van der Waals surface area contributed by atoms with E-state index in [1.807, 2.05) is 17.5 Å². The Morgan fingerprint density at radius 1 is 1.29 bits per heavy atom. The SMILES string of the molecule is CNC(CC(F)(F)F)c1cccc2ccsc12. The summed E-state index contributed by atoms with van der Waals surface area (Å²) >= 11 is 1.48. The maximum Gasteiger partial charge on any atom is 0.390 e. The fourth-order valence-corrected chi connectivity index (χ4v) is 2.86. The summed E-state index contributed by atoms with van der Waals surface area (Å²) in [6, 6.07) is 6.70. The van der Waals surface area contributed by atoms with E-state index >= 15 is 0 Å². The van der Waals surface area contributed by atoms with Crippen LogP contribution in [-0.2, 0) is 0 Å². The van der Waals surface area contributed by atoms with Crippen LogP contribution in [0.5, 0.6) is 0 Å². The highest BCUT2D eigenvalue weighted by atomic mass is 32.1. The average molecular weight is 259 g/mol. The van der Waals surface area contributed by atoms with Crippen molar-refractivity contribution in [1.82, 2.24) is 5.32 Å². The lowest BCUT2D eigenvalue weighted by molar-refractivity contribution is -0.140. The number of rotatable bonds is 3. The first kappa shape index (κ1) is 12.4. The molecule has 0 aliphatic rings. The number of hydrogen-bond donors (Lipinski definition) is 1. The Morgan fingerprint density at radius 2 is 2.06 bits per heavy atom. The zero-order chi connectivity index (χ0) is 12.5. The molecule has 1 atom stereocenters. The molecule has 0 amide bonds. The maximum absolute atomic E-state index is 12.5. The molecule has 0 bridgehead atoms. The Hall–Kier alpha value is -1.07. The van der Waals surface area contributed by atoms with Crippen LogP contribution in [0.4, 0.5) is 13.2 Å². The van der Waals surface area contributed by atoms with E-state index in [4.69, 9.17) is 0 Å². The zero-order valence-corrected chi connectivity index (χ0v) is 10.0. The Bertz CT molecular complexity index is 504. The summed E-state index contributed by atoms with van der Waals surface area (Å²) < 4.78 is 38.3. The highest BCUT2D eigenvalue weighted by molar-refractivity contribution is 7.17. The van der Waals surface area contributed by atoms with Crippen molar-refractivity contribution < 1.29 is 13.2 Å². The average Bonchev–Trinajstić information content (AvgIpc) is 2.72. The molecular formula is C12H12F3NS. The molecule has 5 heteroatoms. The van der Waals surface area contributed by atoms with Gasteiger partial charge in [-0.05, 0) is 29.4 Å². The van der Waals surface area contributed by atoms with E-state index in [1.165, 1.54) is 11.3 Å². The van der Waals surface area contributed by atoms with Gasteiger partial charge in [0.15, 0.2) is 0 Å². The Kier molecular flexibility index (Phi) is 3.40. The van der Waals surface area contributed by atoms with Crippen LogP contribution in [0.2, 0.25) is 0 Å². The summed E-state index contributed by atoms with van der Waals surface area (Å²) in [6.07, 6.45) is -5.01. The second-order valence-electron chi connectivity index (χ2n) is 3.85. The molecule has 0 spiro atoms. The number of benzene rings is 1. The molecule has 1 N–H and O–H groups in total. The van der Waals surface area contributed by atoms with Gasteiger partial charge in [0.05, 0.1) is 6.42 Å². The van der Waals surface area contributed by atoms with Gasteiger partial charge in [-0.1, -0.05) is 18.2 Å². The van der Waals surface area contributed by atoms with E-state index in [-0.39, 0.29) is 0 Å². The van der Waals surface area contributed by atoms with Crippen molar-refractivity contribution in [3.63, 3.8) is 0 Å². The fourth-order valence-electron chi connectivity index (χ4n) is 1.89. The lowest BCUT2D eigenvalue weighted by atomic mass is 10.0. The zero-order valence-electron chi connectivity index (χ0n) is 9.21. The summed E-state index contributed by atoms with van der Waals surface area (Å²) in [5.74, 6) is 0. The van der Waals surface area contributed by atoms with Crippen molar-refractivity contribution >= 4 is 21.4 Å². The highest BCUT2D eigenvalue weighted by Gasteiger charge is 2.32.